The third kappa shape index (κ3) is 3.08. The molecule has 0 aromatic heterocycles. The van der Waals surface area contributed by atoms with Crippen LogP contribution in [0.4, 0.5) is 0 Å². The number of ether oxygens (including phenoxy) is 2. The zero-order chi connectivity index (χ0) is 19.8. The van der Waals surface area contributed by atoms with Gasteiger partial charge >= 0.3 is 0 Å². The predicted octanol–water partition coefficient (Wildman–Crippen LogP) is 3.24. The molecule has 0 radical (unpaired) electrons. The third-order valence-corrected chi connectivity index (χ3v) is 6.53. The van der Waals surface area contributed by atoms with Crippen LogP contribution >= 0.6 is 23.4 Å². The first-order valence-electron chi connectivity index (χ1n) is 8.76. The van der Waals surface area contributed by atoms with E-state index in [1.807, 2.05) is 18.2 Å². The highest BCUT2D eigenvalue weighted by atomic mass is 35.5. The third-order valence-electron chi connectivity index (χ3n) is 4.98. The predicted molar refractivity (Wildman–Crippen MR) is 108 cm³/mol. The van der Waals surface area contributed by atoms with Gasteiger partial charge in [0.05, 0.1) is 19.8 Å². The van der Waals surface area contributed by atoms with Crippen molar-refractivity contribution in [3.8, 4) is 11.5 Å². The molecule has 4 rings (SSSR count). The van der Waals surface area contributed by atoms with Gasteiger partial charge in [0, 0.05) is 22.9 Å². The van der Waals surface area contributed by atoms with Gasteiger partial charge in [0.1, 0.15) is 11.4 Å². The van der Waals surface area contributed by atoms with Gasteiger partial charge in [-0.25, -0.2) is 0 Å². The van der Waals surface area contributed by atoms with Crippen molar-refractivity contribution in [2.75, 3.05) is 20.0 Å². The molecule has 2 aliphatic heterocycles. The quantitative estimate of drug-likeness (QED) is 0.807. The molecule has 2 amide bonds. The van der Waals surface area contributed by atoms with Crippen LogP contribution in [-0.4, -0.2) is 42.7 Å². The fourth-order valence-electron chi connectivity index (χ4n) is 3.60. The van der Waals surface area contributed by atoms with Crippen LogP contribution in [0.25, 0.3) is 0 Å². The molecule has 2 aliphatic rings. The largest absolute Gasteiger partial charge is 0.493 e. The van der Waals surface area contributed by atoms with E-state index in [4.69, 9.17) is 21.1 Å². The molecule has 6 nitrogen and oxygen atoms in total. The summed E-state index contributed by atoms with van der Waals surface area (Å²) < 4.78 is 10.7. The van der Waals surface area contributed by atoms with E-state index in [0.717, 1.165) is 11.1 Å². The van der Waals surface area contributed by atoms with Gasteiger partial charge in [-0.3, -0.25) is 9.59 Å². The number of nitrogens with zero attached hydrogens (tertiary/aromatic N) is 1. The number of carbonyl (C=O) groups excluding carboxylic acids is 2. The summed E-state index contributed by atoms with van der Waals surface area (Å²) in [6.45, 7) is 0.383. The van der Waals surface area contributed by atoms with E-state index < -0.39 is 6.04 Å². The van der Waals surface area contributed by atoms with E-state index in [0.29, 0.717) is 34.4 Å². The van der Waals surface area contributed by atoms with Crippen molar-refractivity contribution >= 4 is 35.2 Å². The molecule has 1 saturated heterocycles. The van der Waals surface area contributed by atoms with E-state index in [9.17, 15) is 9.59 Å². The van der Waals surface area contributed by atoms with Gasteiger partial charge in [0.15, 0.2) is 11.5 Å². The Morgan fingerprint density at radius 1 is 1.21 bits per heavy atom. The maximum atomic E-state index is 13.1. The van der Waals surface area contributed by atoms with Crippen molar-refractivity contribution in [1.29, 1.82) is 0 Å². The van der Waals surface area contributed by atoms with Crippen LogP contribution in [0.5, 0.6) is 11.5 Å². The van der Waals surface area contributed by atoms with Crippen LogP contribution in [0.1, 0.15) is 26.9 Å². The molecule has 0 bridgehead atoms. The number of hydrogen-bond acceptors (Lipinski definition) is 5. The molecule has 0 aliphatic carbocycles. The normalized spacial score (nSPS) is 20.0. The minimum Gasteiger partial charge on any atom is -0.493 e. The Bertz CT molecular complexity index is 935. The van der Waals surface area contributed by atoms with Gasteiger partial charge in [0.2, 0.25) is 5.91 Å². The van der Waals surface area contributed by atoms with Crippen LogP contribution in [0.3, 0.4) is 0 Å². The van der Waals surface area contributed by atoms with Gasteiger partial charge in [-0.15, -0.1) is 11.8 Å². The topological polar surface area (TPSA) is 67.9 Å². The Hall–Kier alpha value is -2.38. The molecular weight excluding hydrogens is 400 g/mol. The maximum absolute atomic E-state index is 13.1. The minimum absolute atomic E-state index is 0.169. The molecule has 2 aromatic rings. The Morgan fingerprint density at radius 2 is 1.96 bits per heavy atom. The Morgan fingerprint density at radius 3 is 2.64 bits per heavy atom. The highest BCUT2D eigenvalue weighted by Gasteiger charge is 2.50. The average Bonchev–Trinajstić information content (AvgIpc) is 3.26. The fraction of sp³-hybridized carbons (Fsp3) is 0.300. The van der Waals surface area contributed by atoms with E-state index in [1.54, 1.807) is 34.9 Å². The Balaban J connectivity index is 1.54. The summed E-state index contributed by atoms with van der Waals surface area (Å²) in [6.07, 6.45) is 0. The summed E-state index contributed by atoms with van der Waals surface area (Å²) in [5, 5.41) is 3.39. The molecule has 2 atom stereocenters. The minimum atomic E-state index is -0.530. The first kappa shape index (κ1) is 19.0. The standard InChI is InChI=1S/C20H19ClN2O4S/c1-26-15-8-7-13-16(17(15)27-2)19(25)23-14(10-28-20(13)23)18(24)22-9-11-3-5-12(21)6-4-11/h3-8,14,20H,9-10H2,1-2H3,(H,22,24)/t14-,20-/m0/s1. The number of halogens is 1. The van der Waals surface area contributed by atoms with Crippen molar-refractivity contribution in [2.24, 2.45) is 0 Å². The maximum Gasteiger partial charge on any atom is 0.260 e. The summed E-state index contributed by atoms with van der Waals surface area (Å²) in [5.74, 6) is 1.10. The molecule has 0 unspecified atom stereocenters. The lowest BCUT2D eigenvalue weighted by Gasteiger charge is -2.22. The fourth-order valence-corrected chi connectivity index (χ4v) is 5.18. The summed E-state index contributed by atoms with van der Waals surface area (Å²) in [6, 6.07) is 10.4. The van der Waals surface area contributed by atoms with Crippen molar-refractivity contribution in [2.45, 2.75) is 18.0 Å². The SMILES string of the molecule is COc1ccc2c(c1OC)C(=O)N1[C@H](C(=O)NCc3ccc(Cl)cc3)CS[C@@H]21. The average molecular weight is 419 g/mol. The van der Waals surface area contributed by atoms with Crippen molar-refractivity contribution in [3.05, 3.63) is 58.1 Å². The van der Waals surface area contributed by atoms with Crippen LogP contribution in [-0.2, 0) is 11.3 Å². The lowest BCUT2D eigenvalue weighted by Crippen LogP contribution is -2.45. The molecule has 0 saturated carbocycles. The summed E-state index contributed by atoms with van der Waals surface area (Å²) >= 11 is 7.47. The summed E-state index contributed by atoms with van der Waals surface area (Å²) in [5.41, 5.74) is 2.29. The molecule has 8 heteroatoms. The molecule has 2 aromatic carbocycles. The number of methoxy groups -OCH3 is 2. The number of hydrogen-bond donors (Lipinski definition) is 1. The van der Waals surface area contributed by atoms with Crippen LogP contribution < -0.4 is 14.8 Å². The number of carbonyl (C=O) groups is 2. The Labute approximate surface area is 172 Å². The van der Waals surface area contributed by atoms with Gasteiger partial charge in [-0.05, 0) is 23.8 Å². The zero-order valence-corrected chi connectivity index (χ0v) is 17.0. The van der Waals surface area contributed by atoms with Crippen molar-refractivity contribution in [3.63, 3.8) is 0 Å². The monoisotopic (exact) mass is 418 g/mol. The zero-order valence-electron chi connectivity index (χ0n) is 15.4. The first-order chi connectivity index (χ1) is 13.5. The number of thioether (sulfide) groups is 1. The van der Waals surface area contributed by atoms with Crippen molar-refractivity contribution in [1.82, 2.24) is 10.2 Å². The van der Waals surface area contributed by atoms with Gasteiger partial charge in [0.25, 0.3) is 5.91 Å². The molecule has 1 N–H and O–H groups in total. The second-order valence-electron chi connectivity index (χ2n) is 6.52. The molecule has 0 spiro atoms. The smallest absolute Gasteiger partial charge is 0.260 e. The van der Waals surface area contributed by atoms with E-state index in [2.05, 4.69) is 5.32 Å². The lowest BCUT2D eigenvalue weighted by atomic mass is 10.1. The summed E-state index contributed by atoms with van der Waals surface area (Å²) in [7, 11) is 3.05. The number of fused-ring (bicyclic) bond motifs is 3. The van der Waals surface area contributed by atoms with Crippen LogP contribution in [0.15, 0.2) is 36.4 Å². The number of rotatable bonds is 5. The van der Waals surface area contributed by atoms with E-state index in [1.165, 1.54) is 14.2 Å². The number of benzene rings is 2. The lowest BCUT2D eigenvalue weighted by molar-refractivity contribution is -0.124. The molecular formula is C20H19ClN2O4S. The highest BCUT2D eigenvalue weighted by Crippen LogP contribution is 2.52. The van der Waals surface area contributed by atoms with Gasteiger partial charge in [-0.1, -0.05) is 29.8 Å². The van der Waals surface area contributed by atoms with E-state index >= 15 is 0 Å². The molecule has 2 heterocycles. The highest BCUT2D eigenvalue weighted by molar-refractivity contribution is 7.99. The Kier molecular flexibility index (Phi) is 5.12. The first-order valence-corrected chi connectivity index (χ1v) is 10.2. The number of nitrogens with one attached hydrogen (secondary N) is 1. The van der Waals surface area contributed by atoms with Crippen LogP contribution in [0, 0.1) is 0 Å². The van der Waals surface area contributed by atoms with Crippen LogP contribution in [0.2, 0.25) is 5.02 Å². The molecule has 28 heavy (non-hydrogen) atoms. The van der Waals surface area contributed by atoms with Gasteiger partial charge in [-0.2, -0.15) is 0 Å². The van der Waals surface area contributed by atoms with Crippen molar-refractivity contribution < 1.29 is 19.1 Å². The second-order valence-corrected chi connectivity index (χ2v) is 8.07. The van der Waals surface area contributed by atoms with Gasteiger partial charge < -0.3 is 19.7 Å². The summed E-state index contributed by atoms with van der Waals surface area (Å²) in [4.78, 5) is 27.6. The molecule has 146 valence electrons. The number of amides is 2. The molecule has 1 fully saturated rings. The second kappa shape index (κ2) is 7.56. The van der Waals surface area contributed by atoms with E-state index in [-0.39, 0.29) is 17.2 Å².